The average Bonchev–Trinajstić information content (AvgIpc) is 2.77. The molecule has 5 rings (SSSR count). The van der Waals surface area contributed by atoms with Crippen molar-refractivity contribution in [2.24, 2.45) is 45.3 Å². The largest absolute Gasteiger partial charge is 0.396 e. The van der Waals surface area contributed by atoms with Crippen molar-refractivity contribution in [3.8, 4) is 0 Å². The number of aliphatic hydroxyl groups is 2. The van der Waals surface area contributed by atoms with E-state index in [4.69, 9.17) is 4.74 Å². The Morgan fingerprint density at radius 1 is 0.970 bits per heavy atom. The first-order chi connectivity index (χ1) is 15.3. The lowest BCUT2D eigenvalue weighted by Crippen LogP contribution is -2.61. The Morgan fingerprint density at radius 3 is 2.39 bits per heavy atom. The maximum absolute atomic E-state index is 11.0. The van der Waals surface area contributed by atoms with Gasteiger partial charge in [0, 0.05) is 11.3 Å². The van der Waals surface area contributed by atoms with Crippen LogP contribution in [0.5, 0.6) is 0 Å². The normalized spacial score (nSPS) is 53.9. The SMILES string of the molecule is C[C@@H]1[C@@H]2C[C@@H]3[C@@](C)(CO)[C@@H](O)CC[C@@]3(C)[C@H]1CCC1=C3CC(C)(C)CC[C@]3(C)C[C@H](O2)[C@H]1C. The van der Waals surface area contributed by atoms with Crippen LogP contribution in [0.4, 0.5) is 0 Å². The highest BCUT2D eigenvalue weighted by Crippen LogP contribution is 2.65. The summed E-state index contributed by atoms with van der Waals surface area (Å²) in [6, 6.07) is 0. The van der Waals surface area contributed by atoms with Gasteiger partial charge in [-0.2, -0.15) is 0 Å². The number of hydrogen-bond donors (Lipinski definition) is 2. The van der Waals surface area contributed by atoms with Crippen molar-refractivity contribution in [1.82, 2.24) is 0 Å². The number of aliphatic hydroxyl groups excluding tert-OH is 2. The van der Waals surface area contributed by atoms with Gasteiger partial charge in [-0.3, -0.25) is 0 Å². The molecule has 33 heavy (non-hydrogen) atoms. The fourth-order valence-corrected chi connectivity index (χ4v) is 9.69. The number of fused-ring (bicyclic) bond motifs is 7. The lowest BCUT2D eigenvalue weighted by atomic mass is 9.44. The zero-order chi connectivity index (χ0) is 24.0. The lowest BCUT2D eigenvalue weighted by molar-refractivity contribution is -0.212. The molecule has 1 aliphatic heterocycles. The fourth-order valence-electron chi connectivity index (χ4n) is 9.69. The summed E-state index contributed by atoms with van der Waals surface area (Å²) in [6.07, 6.45) is 10.5. The topological polar surface area (TPSA) is 49.7 Å². The lowest BCUT2D eigenvalue weighted by Gasteiger charge is -2.62. The first-order valence-electron chi connectivity index (χ1n) is 14.0. The summed E-state index contributed by atoms with van der Waals surface area (Å²) in [4.78, 5) is 0. The molecule has 0 aromatic rings. The Labute approximate surface area is 202 Å². The van der Waals surface area contributed by atoms with E-state index in [2.05, 4.69) is 48.5 Å². The molecule has 3 saturated carbocycles. The van der Waals surface area contributed by atoms with Gasteiger partial charge in [-0.1, -0.05) is 59.6 Å². The number of ether oxygens (including phenoxy) is 1. The van der Waals surface area contributed by atoms with Gasteiger partial charge < -0.3 is 14.9 Å². The Balaban J connectivity index is 1.57. The van der Waals surface area contributed by atoms with E-state index in [1.807, 2.05) is 0 Å². The first-order valence-corrected chi connectivity index (χ1v) is 14.0. The summed E-state index contributed by atoms with van der Waals surface area (Å²) in [5, 5.41) is 21.5. The van der Waals surface area contributed by atoms with E-state index in [0.717, 1.165) is 19.3 Å². The van der Waals surface area contributed by atoms with Gasteiger partial charge in [-0.25, -0.2) is 0 Å². The van der Waals surface area contributed by atoms with Gasteiger partial charge in [-0.05, 0) is 91.8 Å². The van der Waals surface area contributed by atoms with Crippen LogP contribution in [0.25, 0.3) is 0 Å². The molecule has 0 aromatic carbocycles. The highest BCUT2D eigenvalue weighted by atomic mass is 16.5. The van der Waals surface area contributed by atoms with Gasteiger partial charge in [-0.15, -0.1) is 0 Å². The number of allylic oxidation sites excluding steroid dienone is 1. The molecule has 5 aliphatic rings. The van der Waals surface area contributed by atoms with Crippen LogP contribution in [0.15, 0.2) is 11.1 Å². The van der Waals surface area contributed by atoms with Crippen LogP contribution in [0.1, 0.15) is 106 Å². The third-order valence-corrected chi connectivity index (χ3v) is 12.1. The molecule has 0 spiro atoms. The maximum atomic E-state index is 11.0. The Hall–Kier alpha value is -0.380. The number of hydrogen-bond acceptors (Lipinski definition) is 3. The van der Waals surface area contributed by atoms with Gasteiger partial charge in [0.05, 0.1) is 24.9 Å². The van der Waals surface area contributed by atoms with Crippen molar-refractivity contribution < 1.29 is 14.9 Å². The minimum absolute atomic E-state index is 0.0739. The molecule has 3 heteroatoms. The highest BCUT2D eigenvalue weighted by Gasteiger charge is 2.61. The maximum Gasteiger partial charge on any atom is 0.0649 e. The Kier molecular flexibility index (Phi) is 5.75. The molecule has 3 nitrogen and oxygen atoms in total. The van der Waals surface area contributed by atoms with Crippen LogP contribution in [0.3, 0.4) is 0 Å². The predicted molar refractivity (Wildman–Crippen MR) is 134 cm³/mol. The van der Waals surface area contributed by atoms with Gasteiger partial charge in [0.1, 0.15) is 0 Å². The summed E-state index contributed by atoms with van der Waals surface area (Å²) in [7, 11) is 0. The second-order valence-electron chi connectivity index (χ2n) is 14.6. The molecule has 4 bridgehead atoms. The molecule has 1 heterocycles. The molecule has 1 saturated heterocycles. The fraction of sp³-hybridized carbons (Fsp3) is 0.933. The zero-order valence-electron chi connectivity index (χ0n) is 22.4. The van der Waals surface area contributed by atoms with Gasteiger partial charge >= 0.3 is 0 Å². The quantitative estimate of drug-likeness (QED) is 0.440. The van der Waals surface area contributed by atoms with E-state index in [1.54, 1.807) is 11.1 Å². The van der Waals surface area contributed by atoms with Crippen molar-refractivity contribution in [2.75, 3.05) is 6.61 Å². The van der Waals surface area contributed by atoms with Crippen LogP contribution < -0.4 is 0 Å². The van der Waals surface area contributed by atoms with Crippen LogP contribution in [0, 0.1) is 45.3 Å². The smallest absolute Gasteiger partial charge is 0.0649 e. The third-order valence-electron chi connectivity index (χ3n) is 12.1. The van der Waals surface area contributed by atoms with Crippen molar-refractivity contribution in [3.05, 3.63) is 11.1 Å². The van der Waals surface area contributed by atoms with Gasteiger partial charge in [0.15, 0.2) is 0 Å². The van der Waals surface area contributed by atoms with E-state index in [0.29, 0.717) is 40.6 Å². The molecule has 188 valence electrons. The molecule has 4 aliphatic carbocycles. The molecule has 0 unspecified atom stereocenters. The Morgan fingerprint density at radius 2 is 1.70 bits per heavy atom. The summed E-state index contributed by atoms with van der Waals surface area (Å²) in [5.74, 6) is 1.95. The zero-order valence-corrected chi connectivity index (χ0v) is 22.4. The molecular weight excluding hydrogens is 408 g/mol. The van der Waals surface area contributed by atoms with E-state index in [-0.39, 0.29) is 18.1 Å². The first kappa shape index (κ1) is 24.3. The Bertz CT molecular complexity index is 815. The second-order valence-corrected chi connectivity index (χ2v) is 14.6. The average molecular weight is 459 g/mol. The monoisotopic (exact) mass is 458 g/mol. The molecule has 4 fully saturated rings. The van der Waals surface area contributed by atoms with Gasteiger partial charge in [0.2, 0.25) is 0 Å². The van der Waals surface area contributed by atoms with Crippen LogP contribution in [0.2, 0.25) is 0 Å². The van der Waals surface area contributed by atoms with E-state index in [9.17, 15) is 10.2 Å². The summed E-state index contributed by atoms with van der Waals surface area (Å²) < 4.78 is 7.17. The molecule has 0 radical (unpaired) electrons. The summed E-state index contributed by atoms with van der Waals surface area (Å²) >= 11 is 0. The van der Waals surface area contributed by atoms with E-state index in [1.165, 1.54) is 38.5 Å². The van der Waals surface area contributed by atoms with Crippen molar-refractivity contribution in [2.45, 2.75) is 125 Å². The molecule has 2 N–H and O–H groups in total. The van der Waals surface area contributed by atoms with Crippen molar-refractivity contribution >= 4 is 0 Å². The van der Waals surface area contributed by atoms with Crippen LogP contribution >= 0.6 is 0 Å². The van der Waals surface area contributed by atoms with Crippen molar-refractivity contribution in [3.63, 3.8) is 0 Å². The second kappa shape index (κ2) is 7.81. The van der Waals surface area contributed by atoms with Crippen LogP contribution in [-0.2, 0) is 4.74 Å². The van der Waals surface area contributed by atoms with Crippen molar-refractivity contribution in [1.29, 1.82) is 0 Å². The van der Waals surface area contributed by atoms with E-state index < -0.39 is 11.5 Å². The molecule has 0 aromatic heterocycles. The van der Waals surface area contributed by atoms with Gasteiger partial charge in [0.25, 0.3) is 0 Å². The molecular formula is C30H50O3. The minimum Gasteiger partial charge on any atom is -0.396 e. The minimum atomic E-state index is -0.423. The standard InChI is InChI=1S/C30H50O3/c1-18-20-8-9-21-19(2)23(14-25-29(21,6)11-10-26(32)30(25,7)17-31)33-24(18)16-28(5)13-12-27(3,4)15-22(20)28/h18-19,21,23-26,31-32H,8-17H2,1-7H3/t18-,19-,21-,23-,24-,25-,26-,28+,29-,30+/m0/s1. The third kappa shape index (κ3) is 3.53. The number of rotatable bonds is 1. The summed E-state index contributed by atoms with van der Waals surface area (Å²) in [6.45, 7) is 17.1. The predicted octanol–water partition coefficient (Wildman–Crippen LogP) is 6.52. The molecule has 10 atom stereocenters. The van der Waals surface area contributed by atoms with Crippen LogP contribution in [-0.4, -0.2) is 35.1 Å². The molecule has 0 amide bonds. The van der Waals surface area contributed by atoms with E-state index >= 15 is 0 Å². The summed E-state index contributed by atoms with van der Waals surface area (Å²) in [5.41, 5.74) is 3.98. The highest BCUT2D eigenvalue weighted by molar-refractivity contribution is 5.32.